The number of aliphatic carboxylic acids is 2. The topological polar surface area (TPSA) is 83.8 Å². The van der Waals surface area contributed by atoms with Gasteiger partial charge in [0.1, 0.15) is 0 Å². The molecule has 1 aromatic rings. The second kappa shape index (κ2) is 6.74. The Morgan fingerprint density at radius 1 is 1.17 bits per heavy atom. The summed E-state index contributed by atoms with van der Waals surface area (Å²) in [5.41, 5.74) is -1.94. The van der Waals surface area contributed by atoms with Gasteiger partial charge in [0.25, 0.3) is 0 Å². The van der Waals surface area contributed by atoms with Crippen molar-refractivity contribution >= 4 is 36.2 Å². The van der Waals surface area contributed by atoms with E-state index in [0.29, 0.717) is 4.47 Å². The van der Waals surface area contributed by atoms with Crippen molar-refractivity contribution in [1.82, 2.24) is 0 Å². The van der Waals surface area contributed by atoms with Crippen LogP contribution in [0.1, 0.15) is 26.3 Å². The van der Waals surface area contributed by atoms with Crippen LogP contribution in [0.25, 0.3) is 0 Å². The molecule has 0 aliphatic carbocycles. The van der Waals surface area contributed by atoms with Crippen LogP contribution in [-0.2, 0) is 19.4 Å². The molecule has 0 aromatic heterocycles. The lowest BCUT2D eigenvalue weighted by Gasteiger charge is -2.38. The quantitative estimate of drug-likeness (QED) is 0.556. The molecular weight excluding hydrogens is 380 g/mol. The van der Waals surface area contributed by atoms with Gasteiger partial charge >= 0.3 is 11.9 Å². The zero-order valence-electron chi connectivity index (χ0n) is 14.0. The van der Waals surface area contributed by atoms with E-state index in [4.69, 9.17) is 4.43 Å². The van der Waals surface area contributed by atoms with Gasteiger partial charge in [0.05, 0.1) is 6.61 Å². The summed E-state index contributed by atoms with van der Waals surface area (Å²) in [6, 6.07) is 6.35. The summed E-state index contributed by atoms with van der Waals surface area (Å²) >= 11 is 3.26. The van der Waals surface area contributed by atoms with Gasteiger partial charge < -0.3 is 14.6 Å². The molecule has 0 saturated heterocycles. The summed E-state index contributed by atoms with van der Waals surface area (Å²) in [5.74, 6) is -2.86. The summed E-state index contributed by atoms with van der Waals surface area (Å²) in [5, 5.41) is 19.2. The lowest BCUT2D eigenvalue weighted by atomic mass is 9.81. The van der Waals surface area contributed by atoms with Crippen LogP contribution >= 0.6 is 15.9 Å². The number of hydrogen-bond donors (Lipinski definition) is 2. The van der Waals surface area contributed by atoms with Crippen molar-refractivity contribution < 1.29 is 24.2 Å². The fourth-order valence-corrected chi connectivity index (χ4v) is 3.21. The van der Waals surface area contributed by atoms with Crippen LogP contribution in [0.15, 0.2) is 28.7 Å². The lowest BCUT2D eigenvalue weighted by Crippen LogP contribution is -2.52. The lowest BCUT2D eigenvalue weighted by molar-refractivity contribution is -0.159. The van der Waals surface area contributed by atoms with Crippen molar-refractivity contribution in [2.24, 2.45) is 0 Å². The average Bonchev–Trinajstić information content (AvgIpc) is 2.37. The van der Waals surface area contributed by atoms with Crippen LogP contribution in [0.4, 0.5) is 0 Å². The van der Waals surface area contributed by atoms with E-state index in [-0.39, 0.29) is 10.6 Å². The molecule has 0 spiro atoms. The largest absolute Gasteiger partial charge is 0.480 e. The van der Waals surface area contributed by atoms with Gasteiger partial charge in [-0.2, -0.15) is 0 Å². The van der Waals surface area contributed by atoms with E-state index in [0.717, 1.165) is 0 Å². The molecule has 1 rings (SSSR count). The zero-order valence-corrected chi connectivity index (χ0v) is 16.6. The van der Waals surface area contributed by atoms with Gasteiger partial charge in [0.15, 0.2) is 8.32 Å². The molecule has 2 N–H and O–H groups in total. The van der Waals surface area contributed by atoms with Gasteiger partial charge in [-0.25, -0.2) is 0 Å². The van der Waals surface area contributed by atoms with Crippen LogP contribution < -0.4 is 0 Å². The van der Waals surface area contributed by atoms with E-state index >= 15 is 0 Å². The predicted octanol–water partition coefficient (Wildman–Crippen LogP) is 3.88. The molecule has 23 heavy (non-hydrogen) atoms. The molecule has 1 aromatic carbocycles. The number of carboxylic acids is 2. The van der Waals surface area contributed by atoms with Crippen molar-refractivity contribution in [3.63, 3.8) is 0 Å². The van der Waals surface area contributed by atoms with Crippen molar-refractivity contribution in [1.29, 1.82) is 0 Å². The number of rotatable bonds is 6. The number of hydrogen-bond acceptors (Lipinski definition) is 3. The molecule has 0 unspecified atom stereocenters. The van der Waals surface area contributed by atoms with E-state index in [1.54, 1.807) is 12.1 Å². The van der Waals surface area contributed by atoms with Gasteiger partial charge in [-0.3, -0.25) is 9.59 Å². The highest BCUT2D eigenvalue weighted by Gasteiger charge is 2.51. The fraction of sp³-hybridized carbons (Fsp3) is 0.500. The van der Waals surface area contributed by atoms with Gasteiger partial charge in [0.2, 0.25) is 5.41 Å². The molecule has 128 valence electrons. The maximum atomic E-state index is 11.9. The average molecular weight is 403 g/mol. The molecule has 0 fully saturated rings. The van der Waals surface area contributed by atoms with Crippen molar-refractivity contribution in [2.45, 2.75) is 44.3 Å². The maximum absolute atomic E-state index is 11.9. The molecule has 0 atom stereocenters. The highest BCUT2D eigenvalue weighted by atomic mass is 79.9. The minimum absolute atomic E-state index is 0.146. The summed E-state index contributed by atoms with van der Waals surface area (Å²) < 4.78 is 6.56. The molecule has 0 radical (unpaired) electrons. The Balaban J connectivity index is 3.33. The van der Waals surface area contributed by atoms with Crippen LogP contribution in [-0.4, -0.2) is 37.1 Å². The fourth-order valence-electron chi connectivity index (χ4n) is 1.80. The highest BCUT2D eigenvalue weighted by molar-refractivity contribution is 9.10. The van der Waals surface area contributed by atoms with E-state index in [1.165, 1.54) is 12.1 Å². The summed E-state index contributed by atoms with van der Waals surface area (Å²) in [4.78, 5) is 23.8. The Kier molecular flexibility index (Phi) is 5.82. The minimum Gasteiger partial charge on any atom is -0.480 e. The van der Waals surface area contributed by atoms with Gasteiger partial charge in [-0.1, -0.05) is 48.8 Å². The SMILES string of the molecule is CC(C)(C)[Si](C)(C)OCC(C(=O)O)(C(=O)O)c1cccc(Br)c1. The molecule has 0 aliphatic rings. The van der Waals surface area contributed by atoms with Crippen molar-refractivity contribution in [3.8, 4) is 0 Å². The molecule has 0 saturated carbocycles. The smallest absolute Gasteiger partial charge is 0.328 e. The van der Waals surface area contributed by atoms with Crippen LogP contribution in [0.5, 0.6) is 0 Å². The highest BCUT2D eigenvalue weighted by Crippen LogP contribution is 2.38. The van der Waals surface area contributed by atoms with Crippen LogP contribution in [0.2, 0.25) is 18.1 Å². The summed E-state index contributed by atoms with van der Waals surface area (Å²) in [6.07, 6.45) is 0. The molecular formula is C16H23BrO5Si. The number of carbonyl (C=O) groups is 2. The number of benzene rings is 1. The molecule has 0 aliphatic heterocycles. The second-order valence-electron chi connectivity index (χ2n) is 7.07. The predicted molar refractivity (Wildman–Crippen MR) is 94.2 cm³/mol. The molecule has 0 heterocycles. The third-order valence-electron chi connectivity index (χ3n) is 4.50. The van der Waals surface area contributed by atoms with Crippen molar-refractivity contribution in [3.05, 3.63) is 34.3 Å². The first-order valence-corrected chi connectivity index (χ1v) is 10.9. The first-order chi connectivity index (χ1) is 10.3. The summed E-state index contributed by atoms with van der Waals surface area (Å²) in [7, 11) is -2.29. The Bertz CT molecular complexity index is 593. The van der Waals surface area contributed by atoms with E-state index in [2.05, 4.69) is 15.9 Å². The Hall–Kier alpha value is -1.18. The van der Waals surface area contributed by atoms with Gasteiger partial charge in [-0.15, -0.1) is 0 Å². The minimum atomic E-state index is -2.29. The zero-order chi connectivity index (χ0) is 18.1. The maximum Gasteiger partial charge on any atom is 0.328 e. The van der Waals surface area contributed by atoms with Crippen LogP contribution in [0, 0.1) is 0 Å². The Labute approximate surface area is 145 Å². The Morgan fingerprint density at radius 3 is 2.09 bits per heavy atom. The van der Waals surface area contributed by atoms with E-state index in [9.17, 15) is 19.8 Å². The van der Waals surface area contributed by atoms with E-state index in [1.807, 2.05) is 33.9 Å². The molecule has 7 heteroatoms. The third-order valence-corrected chi connectivity index (χ3v) is 9.47. The van der Waals surface area contributed by atoms with Gasteiger partial charge in [-0.05, 0) is 35.8 Å². The van der Waals surface area contributed by atoms with Gasteiger partial charge in [0, 0.05) is 4.47 Å². The first kappa shape index (κ1) is 19.9. The molecule has 0 amide bonds. The number of halogens is 1. The third kappa shape index (κ3) is 4.02. The normalized spacial score (nSPS) is 13.0. The Morgan fingerprint density at radius 2 is 1.70 bits per heavy atom. The number of carboxylic acid groups (broad SMARTS) is 2. The first-order valence-electron chi connectivity index (χ1n) is 7.21. The monoisotopic (exact) mass is 402 g/mol. The second-order valence-corrected chi connectivity index (χ2v) is 12.8. The summed E-state index contributed by atoms with van der Waals surface area (Å²) in [6.45, 7) is 9.57. The van der Waals surface area contributed by atoms with Crippen molar-refractivity contribution in [2.75, 3.05) is 6.61 Å². The standard InChI is InChI=1S/C16H23BrO5Si/c1-15(2,3)23(4,5)22-10-16(13(18)19,14(20)21)11-7-6-8-12(17)9-11/h6-9H,10H2,1-5H3,(H,18,19)(H,20,21). The molecule has 0 bridgehead atoms. The van der Waals surface area contributed by atoms with E-state index < -0.39 is 32.3 Å². The molecule has 5 nitrogen and oxygen atoms in total. The van der Waals surface area contributed by atoms with Crippen LogP contribution in [0.3, 0.4) is 0 Å².